The molecule has 1 aromatic carbocycles. The van der Waals surface area contributed by atoms with Gasteiger partial charge in [0.1, 0.15) is 15.4 Å². The van der Waals surface area contributed by atoms with Crippen molar-refractivity contribution in [3.63, 3.8) is 0 Å². The van der Waals surface area contributed by atoms with Gasteiger partial charge in [0.05, 0.1) is 5.92 Å². The summed E-state index contributed by atoms with van der Waals surface area (Å²) in [6, 6.07) is 12.4. The Morgan fingerprint density at radius 1 is 1.17 bits per heavy atom. The first-order valence-electron chi connectivity index (χ1n) is 5.96. The summed E-state index contributed by atoms with van der Waals surface area (Å²) in [6.07, 6.45) is 1.82. The highest BCUT2D eigenvalue weighted by Gasteiger charge is 2.26. The first-order chi connectivity index (χ1) is 8.92. The summed E-state index contributed by atoms with van der Waals surface area (Å²) in [6.45, 7) is 0.930. The molecule has 88 valence electrons. The maximum atomic E-state index is 4.71. The van der Waals surface area contributed by atoms with Gasteiger partial charge in [0.15, 0.2) is 0 Å². The van der Waals surface area contributed by atoms with Crippen molar-refractivity contribution in [2.75, 3.05) is 11.9 Å². The Labute approximate surface area is 109 Å². The maximum Gasteiger partial charge on any atom is 0.143 e. The number of nitrogens with one attached hydrogen (secondary N) is 1. The third-order valence-electron chi connectivity index (χ3n) is 3.31. The topological polar surface area (TPSA) is 37.8 Å². The number of benzene rings is 1. The molecule has 0 saturated carbocycles. The van der Waals surface area contributed by atoms with E-state index in [-0.39, 0.29) is 0 Å². The Hall–Kier alpha value is -1.94. The highest BCUT2D eigenvalue weighted by atomic mass is 32.1. The normalized spacial score (nSPS) is 17.7. The number of thiazole rings is 1. The molecule has 3 aromatic rings. The molecule has 1 N–H and O–H groups in total. The third kappa shape index (κ3) is 1.42. The van der Waals surface area contributed by atoms with Gasteiger partial charge in [-0.1, -0.05) is 29.5 Å². The fraction of sp³-hybridized carbons (Fsp3) is 0.143. The summed E-state index contributed by atoms with van der Waals surface area (Å²) in [5.41, 5.74) is 3.58. The van der Waals surface area contributed by atoms with Crippen molar-refractivity contribution < 1.29 is 0 Å². The second-order valence-electron chi connectivity index (χ2n) is 4.40. The van der Waals surface area contributed by atoms with Gasteiger partial charge in [-0.25, -0.2) is 9.97 Å². The molecule has 2 aromatic heterocycles. The molecule has 0 aliphatic carbocycles. The fourth-order valence-electron chi connectivity index (χ4n) is 2.44. The van der Waals surface area contributed by atoms with E-state index in [1.54, 1.807) is 11.3 Å². The molecule has 0 fully saturated rings. The van der Waals surface area contributed by atoms with Crippen LogP contribution in [0.3, 0.4) is 0 Å². The van der Waals surface area contributed by atoms with Gasteiger partial charge in [-0.05, 0) is 23.8 Å². The summed E-state index contributed by atoms with van der Waals surface area (Å²) in [5, 5.41) is 4.59. The zero-order valence-electron chi connectivity index (χ0n) is 9.63. The average molecular weight is 253 g/mol. The van der Waals surface area contributed by atoms with Crippen molar-refractivity contribution in [3.05, 3.63) is 53.2 Å². The Bertz CT molecular complexity index is 687. The third-order valence-corrected chi connectivity index (χ3v) is 4.41. The Balaban J connectivity index is 1.85. The highest BCUT2D eigenvalue weighted by molar-refractivity contribution is 7.18. The monoisotopic (exact) mass is 253 g/mol. The average Bonchev–Trinajstić information content (AvgIpc) is 3.02. The number of aromatic nitrogens is 2. The van der Waals surface area contributed by atoms with Gasteiger partial charge < -0.3 is 5.32 Å². The lowest BCUT2D eigenvalue weighted by atomic mass is 10.0. The molecule has 1 atom stereocenters. The maximum absolute atomic E-state index is 4.71. The molecule has 4 heteroatoms. The molecule has 0 spiro atoms. The van der Waals surface area contributed by atoms with Gasteiger partial charge in [-0.3, -0.25) is 0 Å². The molecule has 1 aliphatic heterocycles. The van der Waals surface area contributed by atoms with Gasteiger partial charge in [0.2, 0.25) is 0 Å². The van der Waals surface area contributed by atoms with Crippen molar-refractivity contribution in [1.82, 2.24) is 9.97 Å². The van der Waals surface area contributed by atoms with Crippen LogP contribution in [-0.4, -0.2) is 16.5 Å². The van der Waals surface area contributed by atoms with E-state index < -0.39 is 0 Å². The van der Waals surface area contributed by atoms with Crippen LogP contribution in [0.5, 0.6) is 0 Å². The summed E-state index contributed by atoms with van der Waals surface area (Å²) < 4.78 is 0. The number of pyridine rings is 1. The van der Waals surface area contributed by atoms with Gasteiger partial charge in [0, 0.05) is 18.4 Å². The van der Waals surface area contributed by atoms with Crippen molar-refractivity contribution >= 4 is 27.4 Å². The van der Waals surface area contributed by atoms with Crippen LogP contribution in [0.4, 0.5) is 5.69 Å². The number of nitrogens with zero attached hydrogens (tertiary/aromatic N) is 2. The van der Waals surface area contributed by atoms with Crippen molar-refractivity contribution in [1.29, 1.82) is 0 Å². The highest BCUT2D eigenvalue weighted by Crippen LogP contribution is 2.38. The summed E-state index contributed by atoms with van der Waals surface area (Å²) >= 11 is 1.70. The van der Waals surface area contributed by atoms with Crippen LogP contribution >= 0.6 is 11.3 Å². The molecule has 0 amide bonds. The molecule has 4 rings (SSSR count). The number of para-hydroxylation sites is 1. The Kier molecular flexibility index (Phi) is 2.11. The van der Waals surface area contributed by atoms with Gasteiger partial charge in [-0.15, -0.1) is 0 Å². The van der Waals surface area contributed by atoms with E-state index in [0.29, 0.717) is 5.92 Å². The van der Waals surface area contributed by atoms with Crippen LogP contribution in [0.2, 0.25) is 0 Å². The minimum Gasteiger partial charge on any atom is -0.384 e. The van der Waals surface area contributed by atoms with E-state index in [1.165, 1.54) is 11.3 Å². The molecule has 0 radical (unpaired) electrons. The lowest BCUT2D eigenvalue weighted by Gasteiger charge is -2.04. The van der Waals surface area contributed by atoms with Crippen LogP contribution < -0.4 is 5.32 Å². The van der Waals surface area contributed by atoms with E-state index in [4.69, 9.17) is 4.98 Å². The molecule has 0 saturated heterocycles. The zero-order valence-corrected chi connectivity index (χ0v) is 10.4. The number of rotatable bonds is 1. The SMILES string of the molecule is c1ccc2c(c1)NCC2c1nc2cccnc2s1. The lowest BCUT2D eigenvalue weighted by Crippen LogP contribution is -2.02. The van der Waals surface area contributed by atoms with Gasteiger partial charge >= 0.3 is 0 Å². The summed E-state index contributed by atoms with van der Waals surface area (Å²) in [4.78, 5) is 10.1. The first-order valence-corrected chi connectivity index (χ1v) is 6.78. The zero-order chi connectivity index (χ0) is 11.9. The number of hydrogen-bond donors (Lipinski definition) is 1. The standard InChI is InChI=1S/C14H11N3S/c1-2-5-11-9(4-1)10(8-16-11)13-17-12-6-3-7-15-14(12)18-13/h1-7,10,16H,8H2. The number of hydrogen-bond acceptors (Lipinski definition) is 4. The van der Waals surface area contributed by atoms with Crippen molar-refractivity contribution in [2.24, 2.45) is 0 Å². The van der Waals surface area contributed by atoms with E-state index in [0.717, 1.165) is 21.9 Å². The largest absolute Gasteiger partial charge is 0.384 e. The van der Waals surface area contributed by atoms with E-state index in [9.17, 15) is 0 Å². The van der Waals surface area contributed by atoms with Gasteiger partial charge in [-0.2, -0.15) is 0 Å². The minimum absolute atomic E-state index is 0.361. The van der Waals surface area contributed by atoms with E-state index in [1.807, 2.05) is 18.3 Å². The number of fused-ring (bicyclic) bond motifs is 2. The van der Waals surface area contributed by atoms with Crippen molar-refractivity contribution in [2.45, 2.75) is 5.92 Å². The van der Waals surface area contributed by atoms with Gasteiger partial charge in [0.25, 0.3) is 0 Å². The minimum atomic E-state index is 0.361. The smallest absolute Gasteiger partial charge is 0.143 e. The second-order valence-corrected chi connectivity index (χ2v) is 5.41. The van der Waals surface area contributed by atoms with Crippen LogP contribution in [0.15, 0.2) is 42.6 Å². The molecule has 1 aliphatic rings. The quantitative estimate of drug-likeness (QED) is 0.723. The Morgan fingerprint density at radius 3 is 3.06 bits per heavy atom. The predicted octanol–water partition coefficient (Wildman–Crippen LogP) is 3.25. The molecule has 18 heavy (non-hydrogen) atoms. The molecular formula is C14H11N3S. The molecular weight excluding hydrogens is 242 g/mol. The fourth-order valence-corrected chi connectivity index (χ4v) is 3.47. The molecule has 1 unspecified atom stereocenters. The summed E-state index contributed by atoms with van der Waals surface area (Å²) in [7, 11) is 0. The molecule has 3 nitrogen and oxygen atoms in total. The predicted molar refractivity (Wildman–Crippen MR) is 74.2 cm³/mol. The lowest BCUT2D eigenvalue weighted by molar-refractivity contribution is 0.896. The van der Waals surface area contributed by atoms with Crippen LogP contribution in [-0.2, 0) is 0 Å². The van der Waals surface area contributed by atoms with Crippen LogP contribution in [0, 0.1) is 0 Å². The Morgan fingerprint density at radius 2 is 2.11 bits per heavy atom. The molecule has 3 heterocycles. The summed E-state index contributed by atoms with van der Waals surface area (Å²) in [5.74, 6) is 0.361. The van der Waals surface area contributed by atoms with Crippen LogP contribution in [0.25, 0.3) is 10.3 Å². The first kappa shape index (κ1) is 10.0. The van der Waals surface area contributed by atoms with E-state index >= 15 is 0 Å². The second kappa shape index (κ2) is 3.78. The molecule has 0 bridgehead atoms. The van der Waals surface area contributed by atoms with Crippen molar-refractivity contribution in [3.8, 4) is 0 Å². The number of anilines is 1. The van der Waals surface area contributed by atoms with Crippen LogP contribution in [0.1, 0.15) is 16.5 Å². The van der Waals surface area contributed by atoms with E-state index in [2.05, 4.69) is 34.6 Å².